The van der Waals surface area contributed by atoms with E-state index in [0.717, 1.165) is 42.7 Å². The van der Waals surface area contributed by atoms with E-state index in [-0.39, 0.29) is 0 Å². The van der Waals surface area contributed by atoms with Gasteiger partial charge >= 0.3 is 23.5 Å². The van der Waals surface area contributed by atoms with Gasteiger partial charge in [-0.25, -0.2) is 13.7 Å². The van der Waals surface area contributed by atoms with Crippen LogP contribution in [0.15, 0.2) is 0 Å². The second-order valence-corrected chi connectivity index (χ2v) is 11.1. The highest BCUT2D eigenvalue weighted by atomic mass is 31.2. The Morgan fingerprint density at radius 1 is 0.467 bits per heavy atom. The molecule has 15 nitrogen and oxygen atoms in total. The summed E-state index contributed by atoms with van der Waals surface area (Å²) in [5, 5.41) is 31.6. The Kier molecular flexibility index (Phi) is 10.7. The van der Waals surface area contributed by atoms with Gasteiger partial charge in [-0.1, -0.05) is 0 Å². The zero-order valence-electron chi connectivity index (χ0n) is 17.0. The number of hydrogen-bond acceptors (Lipinski definition) is 15. The van der Waals surface area contributed by atoms with Crippen molar-refractivity contribution in [2.45, 2.75) is 36.6 Å². The van der Waals surface area contributed by atoms with Crippen LogP contribution in [0, 0.1) is 0 Å². The van der Waals surface area contributed by atoms with E-state index in [1.165, 1.54) is 0 Å². The van der Waals surface area contributed by atoms with Crippen LogP contribution in [0.1, 0.15) is 0 Å². The molecule has 6 atom stereocenters. The monoisotopic (exact) mass is 504 g/mol. The predicted octanol–water partition coefficient (Wildman–Crippen LogP) is 0.441. The molecule has 1 saturated carbocycles. The number of aliphatic hydroxyl groups excluding tert-OH is 3. The van der Waals surface area contributed by atoms with Crippen molar-refractivity contribution in [2.24, 2.45) is 0 Å². The molecule has 0 spiro atoms. The lowest BCUT2D eigenvalue weighted by Gasteiger charge is -2.45. The minimum Gasteiger partial charge on any atom is -0.387 e. The fourth-order valence-corrected chi connectivity index (χ4v) is 5.06. The molecule has 0 amide bonds. The summed E-state index contributed by atoms with van der Waals surface area (Å²) in [5.41, 5.74) is 0. The highest BCUT2D eigenvalue weighted by Gasteiger charge is 2.57. The minimum atomic E-state index is -4.34. The van der Waals surface area contributed by atoms with Crippen LogP contribution in [0.3, 0.4) is 0 Å². The van der Waals surface area contributed by atoms with Crippen molar-refractivity contribution in [3.63, 3.8) is 0 Å². The van der Waals surface area contributed by atoms with Crippen LogP contribution >= 0.6 is 23.5 Å². The Morgan fingerprint density at radius 2 is 0.700 bits per heavy atom. The number of hydrogen-bond donors (Lipinski definition) is 3. The van der Waals surface area contributed by atoms with E-state index in [1.54, 1.807) is 0 Å². The van der Waals surface area contributed by atoms with Gasteiger partial charge in [0.2, 0.25) is 0 Å². The lowest BCUT2D eigenvalue weighted by molar-refractivity contribution is -0.214. The second kappa shape index (κ2) is 11.4. The van der Waals surface area contributed by atoms with Crippen LogP contribution in [-0.2, 0) is 54.4 Å². The number of phosphoric ester groups is 3. The first-order chi connectivity index (χ1) is 13.9. The van der Waals surface area contributed by atoms with Gasteiger partial charge in [0.25, 0.3) is 0 Å². The van der Waals surface area contributed by atoms with Gasteiger partial charge < -0.3 is 15.3 Å². The van der Waals surface area contributed by atoms with Gasteiger partial charge in [0.1, 0.15) is 36.6 Å². The van der Waals surface area contributed by atoms with Gasteiger partial charge in [-0.05, 0) is 0 Å². The molecule has 1 aliphatic carbocycles. The van der Waals surface area contributed by atoms with Gasteiger partial charge in [-0.15, -0.1) is 0 Å². The van der Waals surface area contributed by atoms with Gasteiger partial charge in [0.05, 0.1) is 0 Å². The van der Waals surface area contributed by atoms with Crippen molar-refractivity contribution in [1.29, 1.82) is 0 Å². The molecule has 180 valence electrons. The first kappa shape index (κ1) is 28.2. The summed E-state index contributed by atoms with van der Waals surface area (Å²) in [6.45, 7) is 0. The van der Waals surface area contributed by atoms with Gasteiger partial charge in [-0.3, -0.25) is 40.7 Å². The second-order valence-electron chi connectivity index (χ2n) is 5.62. The van der Waals surface area contributed by atoms with Gasteiger partial charge in [-0.2, -0.15) is 0 Å². The normalized spacial score (nSPS) is 31.1. The summed E-state index contributed by atoms with van der Waals surface area (Å²) in [6, 6.07) is 0. The fraction of sp³-hybridized carbons (Fsp3) is 1.00. The van der Waals surface area contributed by atoms with Crippen LogP contribution in [0.25, 0.3) is 0 Å². The number of aliphatic hydroxyl groups is 3. The van der Waals surface area contributed by atoms with Crippen LogP contribution < -0.4 is 0 Å². The maximum absolute atomic E-state index is 12.5. The molecule has 3 N–H and O–H groups in total. The first-order valence-electron chi connectivity index (χ1n) is 8.12. The van der Waals surface area contributed by atoms with E-state index >= 15 is 0 Å². The highest BCUT2D eigenvalue weighted by Crippen LogP contribution is 2.56. The summed E-state index contributed by atoms with van der Waals surface area (Å²) in [5.74, 6) is 0. The standard InChI is InChI=1S/C12H27O15P3/c1-19-28(16,20-2)25-10-7(13)8(14)11(26-29(17,21-3)22-4)12(9(10)15)27-30(18,23-5)24-6/h7-15H,1-6H3/t7-,8-,9+,10+,11+,12+/m0/s1. The molecular formula is C12H27O15P3. The van der Waals surface area contributed by atoms with Crippen molar-refractivity contribution in [1.82, 2.24) is 0 Å². The smallest absolute Gasteiger partial charge is 0.387 e. The van der Waals surface area contributed by atoms with Crippen LogP contribution in [0.4, 0.5) is 0 Å². The van der Waals surface area contributed by atoms with Crippen molar-refractivity contribution in [3.05, 3.63) is 0 Å². The summed E-state index contributed by atoms with van der Waals surface area (Å²) < 4.78 is 80.1. The quantitative estimate of drug-likeness (QED) is 0.310. The Labute approximate surface area is 173 Å². The molecule has 0 saturated heterocycles. The van der Waals surface area contributed by atoms with E-state index in [1.807, 2.05) is 0 Å². The minimum absolute atomic E-state index is 0.966. The molecule has 18 heteroatoms. The highest BCUT2D eigenvalue weighted by molar-refractivity contribution is 7.49. The average molecular weight is 504 g/mol. The van der Waals surface area contributed by atoms with Crippen LogP contribution in [-0.4, -0.2) is 94.6 Å². The largest absolute Gasteiger partial charge is 0.474 e. The number of rotatable bonds is 12. The molecular weight excluding hydrogens is 477 g/mol. The van der Waals surface area contributed by atoms with E-state index in [0.29, 0.717) is 0 Å². The molecule has 0 aliphatic heterocycles. The Morgan fingerprint density at radius 3 is 1.00 bits per heavy atom. The zero-order valence-corrected chi connectivity index (χ0v) is 19.7. The van der Waals surface area contributed by atoms with Gasteiger partial charge in [0, 0.05) is 42.7 Å². The lowest BCUT2D eigenvalue weighted by atomic mass is 9.85. The van der Waals surface area contributed by atoms with Gasteiger partial charge in [0.15, 0.2) is 0 Å². The average Bonchev–Trinajstić information content (AvgIpc) is 2.76. The molecule has 1 aliphatic rings. The van der Waals surface area contributed by atoms with E-state index in [4.69, 9.17) is 13.6 Å². The molecule has 0 radical (unpaired) electrons. The summed E-state index contributed by atoms with van der Waals surface area (Å²) in [7, 11) is -7.11. The summed E-state index contributed by atoms with van der Waals surface area (Å²) in [4.78, 5) is 0. The lowest BCUT2D eigenvalue weighted by Crippen LogP contribution is -2.65. The Hall–Kier alpha value is 0.210. The first-order valence-corrected chi connectivity index (χ1v) is 12.5. The molecule has 0 bridgehead atoms. The maximum Gasteiger partial charge on any atom is 0.474 e. The molecule has 0 aromatic rings. The molecule has 0 aromatic heterocycles. The fourth-order valence-electron chi connectivity index (χ4n) is 2.46. The summed E-state index contributed by atoms with van der Waals surface area (Å²) >= 11 is 0. The van der Waals surface area contributed by atoms with Crippen molar-refractivity contribution >= 4 is 23.5 Å². The SMILES string of the molecule is COP(=O)(OC)O[C@H]1[C@@H](O)[C@@H](OP(=O)(OC)OC)[C@H](OP(=O)(OC)OC)[C@@H](O)[C@@H]1O. The molecule has 1 rings (SSSR count). The van der Waals surface area contributed by atoms with E-state index < -0.39 is 60.1 Å². The van der Waals surface area contributed by atoms with Crippen molar-refractivity contribution < 1.29 is 69.7 Å². The summed E-state index contributed by atoms with van der Waals surface area (Å²) in [6.07, 6.45) is -11.7. The van der Waals surface area contributed by atoms with Crippen molar-refractivity contribution in [2.75, 3.05) is 42.7 Å². The zero-order chi connectivity index (χ0) is 23.3. The third-order valence-electron chi connectivity index (χ3n) is 4.11. The molecule has 0 heterocycles. The third kappa shape index (κ3) is 6.38. The predicted molar refractivity (Wildman–Crippen MR) is 97.5 cm³/mol. The Bertz CT molecular complexity index is 664. The third-order valence-corrected chi connectivity index (χ3v) is 8.30. The van der Waals surface area contributed by atoms with Crippen LogP contribution in [0.2, 0.25) is 0 Å². The van der Waals surface area contributed by atoms with Crippen molar-refractivity contribution in [3.8, 4) is 0 Å². The molecule has 0 aromatic carbocycles. The maximum atomic E-state index is 12.5. The van der Waals surface area contributed by atoms with E-state index in [2.05, 4.69) is 27.1 Å². The van der Waals surface area contributed by atoms with Crippen LogP contribution in [0.5, 0.6) is 0 Å². The Balaban J connectivity index is 3.39. The van der Waals surface area contributed by atoms with E-state index in [9.17, 15) is 29.0 Å². The number of phosphoric acid groups is 3. The topological polar surface area (TPSA) is 195 Å². The molecule has 30 heavy (non-hydrogen) atoms. The molecule has 1 fully saturated rings. The molecule has 0 unspecified atom stereocenters.